The first-order chi connectivity index (χ1) is 21.7. The van der Waals surface area contributed by atoms with Crippen molar-refractivity contribution in [3.05, 3.63) is 64.4 Å². The van der Waals surface area contributed by atoms with E-state index in [0.29, 0.717) is 34.3 Å². The zero-order valence-corrected chi connectivity index (χ0v) is 26.8. The van der Waals surface area contributed by atoms with Crippen LogP contribution < -0.4 is 15.5 Å². The Balaban J connectivity index is 1.11. The van der Waals surface area contributed by atoms with Gasteiger partial charge < -0.3 is 30.4 Å². The van der Waals surface area contributed by atoms with E-state index in [1.807, 2.05) is 37.3 Å². The zero-order chi connectivity index (χ0) is 31.7. The normalized spacial score (nSPS) is 21.8. The van der Waals surface area contributed by atoms with Crippen LogP contribution in [0.25, 0.3) is 11.3 Å². The Bertz CT molecular complexity index is 1550. The van der Waals surface area contributed by atoms with Crippen LogP contribution >= 0.6 is 11.6 Å². The summed E-state index contributed by atoms with van der Waals surface area (Å²) in [4.78, 5) is 47.0. The monoisotopic (exact) mass is 632 g/mol. The number of carbonyl (C=O) groups excluding carboxylic acids is 2. The minimum Gasteiger partial charge on any atom is -0.393 e. The molecule has 1 aromatic carbocycles. The molecule has 6 rings (SSSR count). The van der Waals surface area contributed by atoms with E-state index in [1.54, 1.807) is 24.1 Å². The first-order valence-corrected chi connectivity index (χ1v) is 16.2. The molecule has 0 spiro atoms. The molecule has 2 aliphatic heterocycles. The molecule has 0 bridgehead atoms. The van der Waals surface area contributed by atoms with Gasteiger partial charge in [-0.1, -0.05) is 29.8 Å². The Labute approximate surface area is 269 Å². The molecule has 1 saturated carbocycles. The van der Waals surface area contributed by atoms with E-state index in [9.17, 15) is 14.7 Å². The number of aliphatic hydroxyl groups is 1. The second-order valence-electron chi connectivity index (χ2n) is 12.5. The number of aliphatic hydroxyl groups excluding tert-OH is 1. The van der Waals surface area contributed by atoms with Crippen LogP contribution in [0.5, 0.6) is 0 Å². The summed E-state index contributed by atoms with van der Waals surface area (Å²) in [6.45, 7) is 7.81. The van der Waals surface area contributed by atoms with Gasteiger partial charge in [0.1, 0.15) is 11.9 Å². The van der Waals surface area contributed by atoms with Crippen LogP contribution in [0.2, 0.25) is 5.02 Å². The summed E-state index contributed by atoms with van der Waals surface area (Å²) >= 11 is 6.52. The lowest BCUT2D eigenvalue weighted by Gasteiger charge is -2.33. The highest BCUT2D eigenvalue weighted by Crippen LogP contribution is 2.33. The number of halogens is 1. The fraction of sp³-hybridized carbons (Fsp3) is 0.485. The number of rotatable bonds is 8. The molecule has 2 aromatic heterocycles. The SMILES string of the molecule is C[C@H](C(=O)N[C@H](C)c1cccc(N2CCN(C)CC2)n1)N1Cc2ccc(-c3nc(N[C@H]4CC[C@H](O)CC4)ncc3Cl)cc2C1=O. The van der Waals surface area contributed by atoms with Crippen molar-refractivity contribution >= 4 is 35.2 Å². The van der Waals surface area contributed by atoms with Gasteiger partial charge in [-0.15, -0.1) is 0 Å². The van der Waals surface area contributed by atoms with Gasteiger partial charge in [-0.3, -0.25) is 9.59 Å². The van der Waals surface area contributed by atoms with Crippen LogP contribution in [0.1, 0.15) is 67.2 Å². The van der Waals surface area contributed by atoms with Crippen LogP contribution in [0.4, 0.5) is 11.8 Å². The minimum absolute atomic E-state index is 0.185. The molecule has 0 radical (unpaired) electrons. The van der Waals surface area contributed by atoms with E-state index >= 15 is 0 Å². The van der Waals surface area contributed by atoms with Gasteiger partial charge in [0, 0.05) is 49.9 Å². The lowest BCUT2D eigenvalue weighted by molar-refractivity contribution is -0.125. The van der Waals surface area contributed by atoms with Crippen molar-refractivity contribution < 1.29 is 14.7 Å². The standard InChI is InChI=1S/C33H41ClN8O3/c1-20(28-5-4-6-29(38-28)41-15-13-40(3)14-16-41)36-31(44)21(2)42-19-23-8-7-22(17-26(23)32(42)45)30-27(34)18-35-33(39-30)37-24-9-11-25(43)12-10-24/h4-8,17-18,20-21,24-25,43H,9-16,19H2,1-3H3,(H,36,44)(H,35,37,39)/t20-,21-,24-,25-/m1/s1. The molecule has 2 fully saturated rings. The van der Waals surface area contributed by atoms with Crippen molar-refractivity contribution in [1.82, 2.24) is 30.1 Å². The number of fused-ring (bicyclic) bond motifs is 1. The maximum absolute atomic E-state index is 13.6. The molecule has 4 heterocycles. The highest BCUT2D eigenvalue weighted by atomic mass is 35.5. The number of pyridine rings is 1. The first kappa shape index (κ1) is 31.2. The molecular formula is C33H41ClN8O3. The van der Waals surface area contributed by atoms with Crippen molar-refractivity contribution in [2.75, 3.05) is 43.4 Å². The van der Waals surface area contributed by atoms with Gasteiger partial charge in [0.2, 0.25) is 11.9 Å². The Morgan fingerprint density at radius 2 is 1.80 bits per heavy atom. The van der Waals surface area contributed by atoms with Gasteiger partial charge in [-0.25, -0.2) is 15.0 Å². The summed E-state index contributed by atoms with van der Waals surface area (Å²) < 4.78 is 0. The Kier molecular flexibility index (Phi) is 9.21. The third-order valence-electron chi connectivity index (χ3n) is 9.22. The number of carbonyl (C=O) groups is 2. The highest BCUT2D eigenvalue weighted by Gasteiger charge is 2.35. The maximum atomic E-state index is 13.6. The van der Waals surface area contributed by atoms with Crippen LogP contribution in [0, 0.1) is 0 Å². The molecule has 45 heavy (non-hydrogen) atoms. The van der Waals surface area contributed by atoms with Gasteiger partial charge in [0.15, 0.2) is 0 Å². The summed E-state index contributed by atoms with van der Waals surface area (Å²) in [5, 5.41) is 16.6. The van der Waals surface area contributed by atoms with Crippen molar-refractivity contribution in [3.8, 4) is 11.3 Å². The van der Waals surface area contributed by atoms with E-state index in [4.69, 9.17) is 16.6 Å². The average molecular weight is 633 g/mol. The molecular weight excluding hydrogens is 592 g/mol. The number of nitrogens with zero attached hydrogens (tertiary/aromatic N) is 6. The molecule has 3 N–H and O–H groups in total. The third kappa shape index (κ3) is 6.90. The lowest BCUT2D eigenvalue weighted by Crippen LogP contribution is -2.46. The average Bonchev–Trinajstić information content (AvgIpc) is 3.38. The predicted octanol–water partition coefficient (Wildman–Crippen LogP) is 3.88. The van der Waals surface area contributed by atoms with Crippen LogP contribution in [-0.4, -0.2) is 93.1 Å². The lowest BCUT2D eigenvalue weighted by atomic mass is 9.93. The van der Waals surface area contributed by atoms with Crippen molar-refractivity contribution in [3.63, 3.8) is 0 Å². The first-order valence-electron chi connectivity index (χ1n) is 15.8. The molecule has 238 valence electrons. The van der Waals surface area contributed by atoms with Gasteiger partial charge in [-0.2, -0.15) is 0 Å². The molecule has 0 unspecified atom stereocenters. The highest BCUT2D eigenvalue weighted by molar-refractivity contribution is 6.33. The fourth-order valence-electron chi connectivity index (χ4n) is 6.27. The Morgan fingerprint density at radius 3 is 2.56 bits per heavy atom. The summed E-state index contributed by atoms with van der Waals surface area (Å²) in [6, 6.07) is 10.7. The topological polar surface area (TPSA) is 127 Å². The Morgan fingerprint density at radius 1 is 1.04 bits per heavy atom. The molecule has 3 aliphatic rings. The number of hydrogen-bond donors (Lipinski definition) is 3. The number of benzene rings is 1. The number of hydrogen-bond acceptors (Lipinski definition) is 9. The zero-order valence-electron chi connectivity index (χ0n) is 26.0. The number of anilines is 2. The number of amides is 2. The van der Waals surface area contributed by atoms with E-state index in [0.717, 1.165) is 68.9 Å². The van der Waals surface area contributed by atoms with Crippen molar-refractivity contribution in [2.45, 2.75) is 70.3 Å². The van der Waals surface area contributed by atoms with E-state index < -0.39 is 6.04 Å². The third-order valence-corrected chi connectivity index (χ3v) is 9.50. The largest absolute Gasteiger partial charge is 0.393 e. The summed E-state index contributed by atoms with van der Waals surface area (Å²) in [5.41, 5.74) is 3.40. The summed E-state index contributed by atoms with van der Waals surface area (Å²) in [5.74, 6) is 0.936. The summed E-state index contributed by atoms with van der Waals surface area (Å²) in [7, 11) is 2.12. The van der Waals surface area contributed by atoms with Crippen molar-refractivity contribution in [2.24, 2.45) is 0 Å². The fourth-order valence-corrected chi connectivity index (χ4v) is 6.47. The quantitative estimate of drug-likeness (QED) is 0.339. The molecule has 12 heteroatoms. The molecule has 1 aliphatic carbocycles. The molecule has 2 amide bonds. The molecule has 11 nitrogen and oxygen atoms in total. The van der Waals surface area contributed by atoms with E-state index in [2.05, 4.69) is 37.4 Å². The van der Waals surface area contributed by atoms with Crippen LogP contribution in [0.3, 0.4) is 0 Å². The van der Waals surface area contributed by atoms with Gasteiger partial charge in [0.05, 0.1) is 34.8 Å². The number of nitrogens with one attached hydrogen (secondary N) is 2. The molecule has 1 saturated heterocycles. The van der Waals surface area contributed by atoms with Crippen LogP contribution in [0.15, 0.2) is 42.6 Å². The number of likely N-dealkylation sites (N-methyl/N-ethyl adjacent to an activating group) is 1. The number of piperazine rings is 1. The second kappa shape index (κ2) is 13.3. The predicted molar refractivity (Wildman–Crippen MR) is 174 cm³/mol. The van der Waals surface area contributed by atoms with Gasteiger partial charge >= 0.3 is 0 Å². The molecule has 2 atom stereocenters. The van der Waals surface area contributed by atoms with Crippen LogP contribution in [-0.2, 0) is 11.3 Å². The minimum atomic E-state index is -0.677. The van der Waals surface area contributed by atoms with Gasteiger partial charge in [-0.05, 0) is 70.3 Å². The maximum Gasteiger partial charge on any atom is 0.255 e. The number of aromatic nitrogens is 3. The smallest absolute Gasteiger partial charge is 0.255 e. The van der Waals surface area contributed by atoms with E-state index in [1.165, 1.54) is 0 Å². The van der Waals surface area contributed by atoms with Crippen molar-refractivity contribution in [1.29, 1.82) is 0 Å². The molecule has 3 aromatic rings. The Hall–Kier alpha value is -3.80. The second-order valence-corrected chi connectivity index (χ2v) is 12.9. The van der Waals surface area contributed by atoms with Gasteiger partial charge in [0.25, 0.3) is 5.91 Å². The van der Waals surface area contributed by atoms with E-state index in [-0.39, 0.29) is 30.0 Å². The summed E-state index contributed by atoms with van der Waals surface area (Å²) in [6.07, 6.45) is 4.50.